The van der Waals surface area contributed by atoms with Crippen LogP contribution in [0.2, 0.25) is 0 Å². The summed E-state index contributed by atoms with van der Waals surface area (Å²) in [6.45, 7) is 7.29. The number of hydrogen-bond donors (Lipinski definition) is 1. The number of anilines is 3. The van der Waals surface area contributed by atoms with E-state index in [4.69, 9.17) is 9.47 Å². The number of amides is 1. The minimum absolute atomic E-state index is 0.0849. The van der Waals surface area contributed by atoms with Crippen LogP contribution in [0, 0.1) is 6.92 Å². The molecular formula is C20H25N5O3. The van der Waals surface area contributed by atoms with Gasteiger partial charge in [-0.05, 0) is 25.1 Å². The summed E-state index contributed by atoms with van der Waals surface area (Å²) in [5.74, 6) is 0.343. The van der Waals surface area contributed by atoms with E-state index in [1.165, 1.54) is 0 Å². The number of benzene rings is 1. The predicted molar refractivity (Wildman–Crippen MR) is 106 cm³/mol. The van der Waals surface area contributed by atoms with Crippen LogP contribution in [0.25, 0.3) is 0 Å². The van der Waals surface area contributed by atoms with Crippen LogP contribution >= 0.6 is 0 Å². The third-order valence-electron chi connectivity index (χ3n) is 4.87. The number of carbonyl (C=O) groups is 1. The molecule has 3 heterocycles. The van der Waals surface area contributed by atoms with Crippen molar-refractivity contribution >= 4 is 23.2 Å². The quantitative estimate of drug-likeness (QED) is 0.863. The highest BCUT2D eigenvalue weighted by Gasteiger charge is 2.21. The van der Waals surface area contributed by atoms with Gasteiger partial charge in [-0.2, -0.15) is 0 Å². The van der Waals surface area contributed by atoms with Crippen molar-refractivity contribution in [2.45, 2.75) is 6.92 Å². The lowest BCUT2D eigenvalue weighted by molar-refractivity contribution is 0.0299. The molecule has 2 aromatic rings. The lowest BCUT2D eigenvalue weighted by Crippen LogP contribution is -2.41. The topological polar surface area (TPSA) is 79.8 Å². The van der Waals surface area contributed by atoms with Gasteiger partial charge in [0.2, 0.25) is 5.95 Å². The van der Waals surface area contributed by atoms with E-state index in [9.17, 15) is 4.79 Å². The van der Waals surface area contributed by atoms with Crippen molar-refractivity contribution in [3.05, 3.63) is 41.7 Å². The van der Waals surface area contributed by atoms with Crippen LogP contribution in [-0.2, 0) is 9.47 Å². The zero-order valence-electron chi connectivity index (χ0n) is 16.1. The Balaban J connectivity index is 1.57. The Hall–Kier alpha value is -2.71. The maximum absolute atomic E-state index is 12.8. The molecule has 0 saturated carbocycles. The largest absolute Gasteiger partial charge is 0.378 e. The summed E-state index contributed by atoms with van der Waals surface area (Å²) in [5.41, 5.74) is 3.15. The molecule has 28 heavy (non-hydrogen) atoms. The Morgan fingerprint density at radius 3 is 2.43 bits per heavy atom. The second kappa shape index (κ2) is 8.53. The van der Waals surface area contributed by atoms with Crippen LogP contribution in [0.5, 0.6) is 0 Å². The lowest BCUT2D eigenvalue weighted by atomic mass is 10.2. The fourth-order valence-corrected chi connectivity index (χ4v) is 3.44. The van der Waals surface area contributed by atoms with Crippen LogP contribution in [0.4, 0.5) is 17.3 Å². The fraction of sp³-hybridized carbons (Fsp3) is 0.450. The highest BCUT2D eigenvalue weighted by Crippen LogP contribution is 2.28. The number of rotatable bonds is 4. The third-order valence-corrected chi connectivity index (χ3v) is 4.87. The second-order valence-electron chi connectivity index (χ2n) is 6.86. The van der Waals surface area contributed by atoms with Crippen molar-refractivity contribution in [3.63, 3.8) is 0 Å². The van der Waals surface area contributed by atoms with Crippen LogP contribution in [0.3, 0.4) is 0 Å². The number of nitrogens with zero attached hydrogens (tertiary/aromatic N) is 4. The molecule has 0 radical (unpaired) electrons. The molecule has 2 aliphatic heterocycles. The molecule has 4 rings (SSSR count). The molecule has 8 heteroatoms. The normalized spacial score (nSPS) is 17.5. The van der Waals surface area contributed by atoms with Crippen molar-refractivity contribution in [2.75, 3.05) is 62.8 Å². The zero-order valence-corrected chi connectivity index (χ0v) is 16.1. The standard InChI is InChI=1S/C20H25N5O3/c1-15-14-17(19(26)25-8-12-28-13-9-25)23-20(21-15)22-16-4-2-3-5-18(16)24-6-10-27-11-7-24/h2-5,14H,6-13H2,1H3,(H,21,22,23). The Bertz CT molecular complexity index is 832. The van der Waals surface area contributed by atoms with Crippen molar-refractivity contribution in [1.82, 2.24) is 14.9 Å². The van der Waals surface area contributed by atoms with Gasteiger partial charge in [0.1, 0.15) is 5.69 Å². The predicted octanol–water partition coefficient (Wildman–Crippen LogP) is 1.84. The van der Waals surface area contributed by atoms with Crippen molar-refractivity contribution < 1.29 is 14.3 Å². The first-order valence-corrected chi connectivity index (χ1v) is 9.62. The van der Waals surface area contributed by atoms with Gasteiger partial charge in [-0.1, -0.05) is 12.1 Å². The van der Waals surface area contributed by atoms with E-state index in [2.05, 4.69) is 26.3 Å². The summed E-state index contributed by atoms with van der Waals surface area (Å²) < 4.78 is 10.8. The van der Waals surface area contributed by atoms with E-state index in [1.54, 1.807) is 11.0 Å². The minimum atomic E-state index is -0.0849. The van der Waals surface area contributed by atoms with Crippen molar-refractivity contribution in [1.29, 1.82) is 0 Å². The van der Waals surface area contributed by atoms with Gasteiger partial charge in [0.25, 0.3) is 5.91 Å². The SMILES string of the molecule is Cc1cc(C(=O)N2CCOCC2)nc(Nc2ccccc2N2CCOCC2)n1. The van der Waals surface area contributed by atoms with Gasteiger partial charge in [0.05, 0.1) is 37.8 Å². The summed E-state index contributed by atoms with van der Waals surface area (Å²) in [6.07, 6.45) is 0. The Morgan fingerprint density at radius 1 is 1.00 bits per heavy atom. The number of para-hydroxylation sites is 2. The average molecular weight is 383 g/mol. The number of nitrogens with one attached hydrogen (secondary N) is 1. The number of aryl methyl sites for hydroxylation is 1. The first-order chi connectivity index (χ1) is 13.7. The van der Waals surface area contributed by atoms with Gasteiger partial charge < -0.3 is 24.6 Å². The first-order valence-electron chi connectivity index (χ1n) is 9.62. The average Bonchev–Trinajstić information content (AvgIpc) is 2.74. The second-order valence-corrected chi connectivity index (χ2v) is 6.86. The summed E-state index contributed by atoms with van der Waals surface area (Å²) >= 11 is 0. The fourth-order valence-electron chi connectivity index (χ4n) is 3.44. The highest BCUT2D eigenvalue weighted by atomic mass is 16.5. The van der Waals surface area contributed by atoms with Crippen LogP contribution in [-0.4, -0.2) is 73.4 Å². The third kappa shape index (κ3) is 4.23. The summed E-state index contributed by atoms with van der Waals surface area (Å²) in [4.78, 5) is 25.8. The summed E-state index contributed by atoms with van der Waals surface area (Å²) in [7, 11) is 0. The smallest absolute Gasteiger partial charge is 0.272 e. The molecular weight excluding hydrogens is 358 g/mol. The molecule has 1 aromatic heterocycles. The van der Waals surface area contributed by atoms with Crippen molar-refractivity contribution in [3.8, 4) is 0 Å². The molecule has 8 nitrogen and oxygen atoms in total. The van der Waals surface area contributed by atoms with Crippen molar-refractivity contribution in [2.24, 2.45) is 0 Å². The highest BCUT2D eigenvalue weighted by molar-refractivity contribution is 5.93. The van der Waals surface area contributed by atoms with Gasteiger partial charge in [-0.15, -0.1) is 0 Å². The van der Waals surface area contributed by atoms with Crippen LogP contribution < -0.4 is 10.2 Å². The molecule has 148 valence electrons. The van der Waals surface area contributed by atoms with Crippen LogP contribution in [0.1, 0.15) is 16.2 Å². The Morgan fingerprint density at radius 2 is 1.68 bits per heavy atom. The molecule has 2 saturated heterocycles. The Labute approximate surface area is 164 Å². The molecule has 1 N–H and O–H groups in total. The maximum atomic E-state index is 12.8. The molecule has 1 aromatic carbocycles. The number of hydrogen-bond acceptors (Lipinski definition) is 7. The molecule has 2 fully saturated rings. The number of aromatic nitrogens is 2. The summed E-state index contributed by atoms with van der Waals surface area (Å²) in [5, 5.41) is 3.31. The van der Waals surface area contributed by atoms with Gasteiger partial charge in [-0.25, -0.2) is 9.97 Å². The Kier molecular flexibility index (Phi) is 5.68. The van der Waals surface area contributed by atoms with Crippen LogP contribution in [0.15, 0.2) is 30.3 Å². The lowest BCUT2D eigenvalue weighted by Gasteiger charge is -2.30. The summed E-state index contributed by atoms with van der Waals surface area (Å²) in [6, 6.07) is 9.79. The monoisotopic (exact) mass is 383 g/mol. The van der Waals surface area contributed by atoms with E-state index in [0.717, 1.165) is 30.2 Å². The van der Waals surface area contributed by atoms with E-state index in [1.807, 2.05) is 25.1 Å². The van der Waals surface area contributed by atoms with Gasteiger partial charge in [0, 0.05) is 31.9 Å². The van der Waals surface area contributed by atoms with E-state index < -0.39 is 0 Å². The van der Waals surface area contributed by atoms with Gasteiger partial charge >= 0.3 is 0 Å². The first kappa shape index (κ1) is 18.6. The molecule has 0 bridgehead atoms. The molecule has 0 spiro atoms. The molecule has 0 atom stereocenters. The van der Waals surface area contributed by atoms with E-state index >= 15 is 0 Å². The molecule has 0 aliphatic carbocycles. The molecule has 0 unspecified atom stereocenters. The molecule has 1 amide bonds. The minimum Gasteiger partial charge on any atom is -0.378 e. The number of ether oxygens (including phenoxy) is 2. The van der Waals surface area contributed by atoms with E-state index in [0.29, 0.717) is 51.2 Å². The zero-order chi connectivity index (χ0) is 19.3. The number of morpholine rings is 2. The maximum Gasteiger partial charge on any atom is 0.272 e. The van der Waals surface area contributed by atoms with E-state index in [-0.39, 0.29) is 5.91 Å². The number of carbonyl (C=O) groups excluding carboxylic acids is 1. The van der Waals surface area contributed by atoms with Gasteiger partial charge in [-0.3, -0.25) is 4.79 Å². The molecule has 2 aliphatic rings. The van der Waals surface area contributed by atoms with Gasteiger partial charge in [0.15, 0.2) is 0 Å².